The molecule has 2 fully saturated rings. The molecule has 0 saturated carbocycles. The van der Waals surface area contributed by atoms with Gasteiger partial charge in [0.2, 0.25) is 5.56 Å². The van der Waals surface area contributed by atoms with Gasteiger partial charge in [-0.3, -0.25) is 14.4 Å². The average molecular weight is 529 g/mol. The maximum absolute atomic E-state index is 14.2. The number of nitrogens with zero attached hydrogens (tertiary/aromatic N) is 1. The summed E-state index contributed by atoms with van der Waals surface area (Å²) in [5.41, 5.74) is -0.517. The number of pyridine rings is 1. The van der Waals surface area contributed by atoms with Crippen LogP contribution >= 0.6 is 23.2 Å². The van der Waals surface area contributed by atoms with Crippen molar-refractivity contribution in [3.05, 3.63) is 80.1 Å². The summed E-state index contributed by atoms with van der Waals surface area (Å²) in [5, 5.41) is 7.51. The molecule has 10 heteroatoms. The molecule has 1 aromatic heterocycles. The Morgan fingerprint density at radius 2 is 1.97 bits per heavy atom. The number of benzene rings is 2. The van der Waals surface area contributed by atoms with Crippen LogP contribution in [-0.4, -0.2) is 60.6 Å². The lowest BCUT2D eigenvalue weighted by molar-refractivity contribution is -0.134. The molecule has 8 nitrogen and oxygen atoms in total. The van der Waals surface area contributed by atoms with Crippen LogP contribution in [0.25, 0.3) is 10.9 Å². The summed E-state index contributed by atoms with van der Waals surface area (Å²) in [5.74, 6) is -0.775. The van der Waals surface area contributed by atoms with Gasteiger partial charge in [-0.2, -0.15) is 0 Å². The summed E-state index contributed by atoms with van der Waals surface area (Å²) < 4.78 is 5.68. The van der Waals surface area contributed by atoms with Gasteiger partial charge in [-0.1, -0.05) is 47.5 Å². The first-order valence-corrected chi connectivity index (χ1v) is 12.7. The fourth-order valence-corrected chi connectivity index (χ4v) is 5.35. The van der Waals surface area contributed by atoms with E-state index in [4.69, 9.17) is 27.9 Å². The Bertz CT molecular complexity index is 1370. The number of ether oxygens (including phenoxy) is 1. The molecule has 36 heavy (non-hydrogen) atoms. The monoisotopic (exact) mass is 528 g/mol. The minimum Gasteiger partial charge on any atom is -0.376 e. The number of carbonyl (C=O) groups excluding carboxylic acids is 2. The largest absolute Gasteiger partial charge is 0.376 e. The molecule has 0 aliphatic carbocycles. The van der Waals surface area contributed by atoms with Crippen molar-refractivity contribution in [2.45, 2.75) is 24.5 Å². The van der Waals surface area contributed by atoms with Crippen LogP contribution < -0.4 is 16.2 Å². The van der Waals surface area contributed by atoms with Gasteiger partial charge in [0, 0.05) is 49.8 Å². The van der Waals surface area contributed by atoms with E-state index in [1.54, 1.807) is 42.5 Å². The third-order valence-electron chi connectivity index (χ3n) is 6.87. The number of amides is 2. The molecule has 2 saturated heterocycles. The van der Waals surface area contributed by atoms with Crippen molar-refractivity contribution in [2.24, 2.45) is 0 Å². The molecule has 0 spiro atoms. The zero-order valence-electron chi connectivity index (χ0n) is 19.5. The first-order valence-electron chi connectivity index (χ1n) is 11.9. The summed E-state index contributed by atoms with van der Waals surface area (Å²) in [6.07, 6.45) is 1.73. The van der Waals surface area contributed by atoms with Gasteiger partial charge in [-0.05, 0) is 36.6 Å². The third kappa shape index (κ3) is 4.50. The van der Waals surface area contributed by atoms with Gasteiger partial charge in [0.15, 0.2) is 5.54 Å². The Morgan fingerprint density at radius 1 is 1.14 bits per heavy atom. The summed E-state index contributed by atoms with van der Waals surface area (Å²) in [6.45, 7) is 1.88. The molecule has 2 amide bonds. The van der Waals surface area contributed by atoms with Crippen molar-refractivity contribution in [1.82, 2.24) is 20.5 Å². The van der Waals surface area contributed by atoms with Crippen LogP contribution in [0.15, 0.2) is 53.3 Å². The van der Waals surface area contributed by atoms with Gasteiger partial charge in [-0.15, -0.1) is 0 Å². The standard InChI is InChI=1S/C26H26Cl2N4O4/c27-20-8-7-16(12-21(20)28)26(25(35)30-14-17-4-3-11-36-17)15-29-9-10-32(26)24(34)19-13-23(33)31-22-6-2-1-5-18(19)22/h1-2,5-8,12-13,17,29H,3-4,9-11,14-15H2,(H,30,35)(H,31,33). The van der Waals surface area contributed by atoms with Gasteiger partial charge >= 0.3 is 0 Å². The molecule has 0 radical (unpaired) electrons. The van der Waals surface area contributed by atoms with Crippen molar-refractivity contribution >= 4 is 45.9 Å². The van der Waals surface area contributed by atoms with E-state index in [0.29, 0.717) is 41.2 Å². The van der Waals surface area contributed by atoms with Crippen molar-refractivity contribution in [3.63, 3.8) is 0 Å². The predicted molar refractivity (Wildman–Crippen MR) is 139 cm³/mol. The van der Waals surface area contributed by atoms with Gasteiger partial charge in [-0.25, -0.2) is 0 Å². The number of halogens is 2. The van der Waals surface area contributed by atoms with Crippen LogP contribution in [0.2, 0.25) is 10.0 Å². The lowest BCUT2D eigenvalue weighted by Gasteiger charge is -2.46. The molecular formula is C26H26Cl2N4O4. The van der Waals surface area contributed by atoms with E-state index in [-0.39, 0.29) is 35.7 Å². The Morgan fingerprint density at radius 3 is 2.75 bits per heavy atom. The van der Waals surface area contributed by atoms with Crippen molar-refractivity contribution in [1.29, 1.82) is 0 Å². The number of piperazine rings is 1. The van der Waals surface area contributed by atoms with Crippen LogP contribution in [0.1, 0.15) is 28.8 Å². The molecule has 2 aliphatic heterocycles. The Kier molecular flexibility index (Phi) is 7.03. The van der Waals surface area contributed by atoms with Crippen LogP contribution in [-0.2, 0) is 15.1 Å². The number of fused-ring (bicyclic) bond motifs is 1. The van der Waals surface area contributed by atoms with Crippen LogP contribution in [0.5, 0.6) is 0 Å². The third-order valence-corrected chi connectivity index (χ3v) is 7.61. The maximum atomic E-state index is 14.2. The molecule has 0 bridgehead atoms. The second-order valence-corrected chi connectivity index (χ2v) is 9.88. The molecule has 2 aromatic carbocycles. The Hall–Kier alpha value is -2.91. The first kappa shape index (κ1) is 24.8. The number of nitrogens with one attached hydrogen (secondary N) is 3. The minimum absolute atomic E-state index is 0.0721. The lowest BCUT2D eigenvalue weighted by atomic mass is 9.84. The molecule has 2 aliphatic rings. The summed E-state index contributed by atoms with van der Waals surface area (Å²) >= 11 is 12.6. The maximum Gasteiger partial charge on any atom is 0.255 e. The quantitative estimate of drug-likeness (QED) is 0.472. The Labute approximate surface area is 217 Å². The summed E-state index contributed by atoms with van der Waals surface area (Å²) in [7, 11) is 0. The SMILES string of the molecule is O=C(c1cc(=O)[nH]c2ccccc12)N1CCNCC1(C(=O)NCC1CCCO1)c1ccc(Cl)c(Cl)c1. The van der Waals surface area contributed by atoms with E-state index in [2.05, 4.69) is 15.6 Å². The highest BCUT2D eigenvalue weighted by atomic mass is 35.5. The van der Waals surface area contributed by atoms with Crippen LogP contribution in [0.4, 0.5) is 0 Å². The number of para-hydroxylation sites is 1. The number of hydrogen-bond donors (Lipinski definition) is 3. The molecule has 3 heterocycles. The van der Waals surface area contributed by atoms with Crippen LogP contribution in [0, 0.1) is 0 Å². The second-order valence-electron chi connectivity index (χ2n) is 9.06. The van der Waals surface area contributed by atoms with Gasteiger partial charge in [0.1, 0.15) is 0 Å². The zero-order valence-corrected chi connectivity index (χ0v) is 21.0. The molecule has 5 rings (SSSR count). The highest BCUT2D eigenvalue weighted by Gasteiger charge is 2.50. The first-order chi connectivity index (χ1) is 17.4. The van der Waals surface area contributed by atoms with E-state index >= 15 is 0 Å². The fourth-order valence-electron chi connectivity index (χ4n) is 5.05. The van der Waals surface area contributed by atoms with E-state index < -0.39 is 17.0 Å². The number of aromatic nitrogens is 1. The van der Waals surface area contributed by atoms with Gasteiger partial charge < -0.3 is 25.3 Å². The number of carbonyl (C=O) groups is 2. The van der Waals surface area contributed by atoms with Gasteiger partial charge in [0.25, 0.3) is 11.8 Å². The highest BCUT2D eigenvalue weighted by molar-refractivity contribution is 6.42. The molecule has 3 aromatic rings. The number of rotatable bonds is 5. The van der Waals surface area contributed by atoms with E-state index in [0.717, 1.165) is 12.8 Å². The molecule has 2 atom stereocenters. The minimum atomic E-state index is -1.42. The zero-order chi connectivity index (χ0) is 25.3. The van der Waals surface area contributed by atoms with E-state index in [1.807, 2.05) is 0 Å². The van der Waals surface area contributed by atoms with E-state index in [1.165, 1.54) is 11.0 Å². The lowest BCUT2D eigenvalue weighted by Crippen LogP contribution is -2.67. The number of H-pyrrole nitrogens is 1. The van der Waals surface area contributed by atoms with E-state index in [9.17, 15) is 14.4 Å². The highest BCUT2D eigenvalue weighted by Crippen LogP contribution is 2.36. The Balaban J connectivity index is 1.61. The van der Waals surface area contributed by atoms with Crippen LogP contribution in [0.3, 0.4) is 0 Å². The summed E-state index contributed by atoms with van der Waals surface area (Å²) in [4.78, 5) is 44.9. The topological polar surface area (TPSA) is 104 Å². The van der Waals surface area contributed by atoms with Crippen molar-refractivity contribution in [2.75, 3.05) is 32.8 Å². The number of hydrogen-bond acceptors (Lipinski definition) is 5. The predicted octanol–water partition coefficient (Wildman–Crippen LogP) is 3.07. The summed E-state index contributed by atoms with van der Waals surface area (Å²) in [6, 6.07) is 13.4. The second kappa shape index (κ2) is 10.2. The fraction of sp³-hybridized carbons (Fsp3) is 0.346. The average Bonchev–Trinajstić information content (AvgIpc) is 3.41. The van der Waals surface area contributed by atoms with Crippen molar-refractivity contribution < 1.29 is 14.3 Å². The molecule has 188 valence electrons. The van der Waals surface area contributed by atoms with Gasteiger partial charge in [0.05, 0.1) is 21.7 Å². The smallest absolute Gasteiger partial charge is 0.255 e. The molecular weight excluding hydrogens is 503 g/mol. The molecule has 2 unspecified atom stereocenters. The normalized spacial score (nSPS) is 22.1. The number of aromatic amines is 1. The molecule has 3 N–H and O–H groups in total. The van der Waals surface area contributed by atoms with Crippen molar-refractivity contribution in [3.8, 4) is 0 Å².